The van der Waals surface area contributed by atoms with E-state index in [9.17, 15) is 19.8 Å². The third-order valence-corrected chi connectivity index (χ3v) is 7.78. The number of aliphatic hydroxyl groups is 1. The van der Waals surface area contributed by atoms with E-state index in [-0.39, 0.29) is 36.1 Å². The summed E-state index contributed by atoms with van der Waals surface area (Å²) < 4.78 is 0. The molecule has 4 N–H and O–H groups in total. The predicted octanol–water partition coefficient (Wildman–Crippen LogP) is 0.215. The second-order valence-electron chi connectivity index (χ2n) is 7.97. The fourth-order valence-corrected chi connectivity index (χ4v) is 6.36. The maximum absolute atomic E-state index is 12.4. The van der Waals surface area contributed by atoms with E-state index in [0.717, 1.165) is 36.9 Å². The van der Waals surface area contributed by atoms with Crippen LogP contribution < -0.4 is 10.6 Å². The molecule has 0 aromatic rings. The molecule has 4 aliphatic rings. The zero-order chi connectivity index (χ0) is 18.4. The molecule has 144 valence electrons. The van der Waals surface area contributed by atoms with Gasteiger partial charge in [-0.25, -0.2) is 4.79 Å². The third-order valence-electron chi connectivity index (χ3n) is 6.27. The van der Waals surface area contributed by atoms with Crippen LogP contribution in [0.1, 0.15) is 26.2 Å². The SMILES string of the molecule is C[C@H]1C(S[C@@H]2CN[C@H](CC3CNC3)C2)=C(C(=O)O)N2C(=O)[C@@H](CCO)[C@@H]12. The second-order valence-corrected chi connectivity index (χ2v) is 9.31. The normalized spacial score (nSPS) is 36.9. The molecular weight excluding hydrogens is 354 g/mol. The molecule has 4 heterocycles. The Bertz CT molecular complexity index is 636. The van der Waals surface area contributed by atoms with Crippen molar-refractivity contribution in [3.8, 4) is 0 Å². The number of aliphatic hydroxyl groups excluding tert-OH is 1. The van der Waals surface area contributed by atoms with Gasteiger partial charge in [0.1, 0.15) is 5.70 Å². The molecule has 0 radical (unpaired) electrons. The molecule has 3 fully saturated rings. The van der Waals surface area contributed by atoms with Crippen molar-refractivity contribution in [1.29, 1.82) is 0 Å². The molecule has 0 bridgehead atoms. The number of nitrogens with one attached hydrogen (secondary N) is 2. The number of fused-ring (bicyclic) bond motifs is 1. The van der Waals surface area contributed by atoms with Gasteiger partial charge in [0.25, 0.3) is 0 Å². The van der Waals surface area contributed by atoms with Gasteiger partial charge in [0.05, 0.1) is 12.0 Å². The zero-order valence-corrected chi connectivity index (χ0v) is 15.8. The predicted molar refractivity (Wildman–Crippen MR) is 98.4 cm³/mol. The van der Waals surface area contributed by atoms with E-state index in [1.54, 1.807) is 11.8 Å². The highest BCUT2D eigenvalue weighted by Crippen LogP contribution is 2.51. The molecule has 0 saturated carbocycles. The van der Waals surface area contributed by atoms with Crippen LogP contribution in [0, 0.1) is 17.8 Å². The van der Waals surface area contributed by atoms with Crippen molar-refractivity contribution in [2.24, 2.45) is 17.8 Å². The van der Waals surface area contributed by atoms with Gasteiger partial charge in [0, 0.05) is 35.3 Å². The number of aliphatic carboxylic acids is 1. The minimum Gasteiger partial charge on any atom is -0.477 e. The number of carboxylic acid groups (broad SMARTS) is 1. The standard InChI is InChI=1S/C18H27N3O4S/c1-9-14-13(2-3-22)17(23)21(14)15(18(24)25)16(9)26-12-5-11(20-8-12)4-10-6-19-7-10/h9-14,19-20,22H,2-8H2,1H3,(H,24,25)/t9-,11-,12+,13+,14-/m1/s1. The molecule has 26 heavy (non-hydrogen) atoms. The minimum atomic E-state index is -1.01. The quantitative estimate of drug-likeness (QED) is 0.468. The molecule has 4 rings (SSSR count). The number of hydrogen-bond donors (Lipinski definition) is 4. The van der Waals surface area contributed by atoms with Gasteiger partial charge in [-0.1, -0.05) is 6.92 Å². The Hall–Kier alpha value is -1.09. The van der Waals surface area contributed by atoms with Crippen LogP contribution in [0.5, 0.6) is 0 Å². The van der Waals surface area contributed by atoms with Gasteiger partial charge in [-0.3, -0.25) is 4.79 Å². The van der Waals surface area contributed by atoms with E-state index in [1.807, 2.05) is 6.92 Å². The summed E-state index contributed by atoms with van der Waals surface area (Å²) in [6.45, 7) is 5.07. The lowest BCUT2D eigenvalue weighted by Crippen LogP contribution is -2.60. The van der Waals surface area contributed by atoms with Crippen molar-refractivity contribution in [2.45, 2.75) is 43.5 Å². The molecule has 0 aliphatic carbocycles. The van der Waals surface area contributed by atoms with E-state index in [4.69, 9.17) is 0 Å². The average Bonchev–Trinajstić information content (AvgIpc) is 3.11. The molecule has 7 nitrogen and oxygen atoms in total. The summed E-state index contributed by atoms with van der Waals surface area (Å²) in [5.74, 6) is -0.628. The minimum absolute atomic E-state index is 0.0234. The first kappa shape index (κ1) is 18.3. The number of amides is 1. The van der Waals surface area contributed by atoms with Crippen LogP contribution in [0.25, 0.3) is 0 Å². The Morgan fingerprint density at radius 2 is 2.12 bits per heavy atom. The Balaban J connectivity index is 1.45. The van der Waals surface area contributed by atoms with Crippen LogP contribution >= 0.6 is 11.8 Å². The first-order chi connectivity index (χ1) is 12.5. The second kappa shape index (κ2) is 7.14. The van der Waals surface area contributed by atoms with Crippen LogP contribution in [0.4, 0.5) is 0 Å². The maximum Gasteiger partial charge on any atom is 0.353 e. The number of carbonyl (C=O) groups excluding carboxylic acids is 1. The molecule has 1 amide bonds. The van der Waals surface area contributed by atoms with Gasteiger partial charge >= 0.3 is 5.97 Å². The molecule has 8 heteroatoms. The number of thioether (sulfide) groups is 1. The van der Waals surface area contributed by atoms with Crippen LogP contribution in [0.3, 0.4) is 0 Å². The first-order valence-electron chi connectivity index (χ1n) is 9.53. The smallest absolute Gasteiger partial charge is 0.353 e. The van der Waals surface area contributed by atoms with Gasteiger partial charge in [0.15, 0.2) is 0 Å². The van der Waals surface area contributed by atoms with Crippen molar-refractivity contribution < 1.29 is 19.8 Å². The lowest BCUT2D eigenvalue weighted by molar-refractivity contribution is -0.157. The van der Waals surface area contributed by atoms with Crippen molar-refractivity contribution in [1.82, 2.24) is 15.5 Å². The third kappa shape index (κ3) is 2.96. The van der Waals surface area contributed by atoms with Gasteiger partial charge in [0.2, 0.25) is 5.91 Å². The van der Waals surface area contributed by atoms with E-state index in [2.05, 4.69) is 10.6 Å². The molecule has 0 unspecified atom stereocenters. The van der Waals surface area contributed by atoms with Crippen molar-refractivity contribution in [2.75, 3.05) is 26.2 Å². The van der Waals surface area contributed by atoms with E-state index < -0.39 is 5.97 Å². The summed E-state index contributed by atoms with van der Waals surface area (Å²) in [5, 5.41) is 26.1. The van der Waals surface area contributed by atoms with E-state index in [0.29, 0.717) is 17.7 Å². The Morgan fingerprint density at radius 1 is 1.35 bits per heavy atom. The number of rotatable bonds is 7. The van der Waals surface area contributed by atoms with Crippen molar-refractivity contribution in [3.63, 3.8) is 0 Å². The van der Waals surface area contributed by atoms with Gasteiger partial charge in [-0.15, -0.1) is 11.8 Å². The molecular formula is C18H27N3O4S. The average molecular weight is 381 g/mol. The Morgan fingerprint density at radius 3 is 2.73 bits per heavy atom. The fourth-order valence-electron chi connectivity index (χ4n) is 4.84. The molecule has 5 atom stereocenters. The Kier molecular flexibility index (Phi) is 5.02. The highest BCUT2D eigenvalue weighted by atomic mass is 32.2. The number of carbonyl (C=O) groups is 2. The van der Waals surface area contributed by atoms with E-state index in [1.165, 1.54) is 11.3 Å². The van der Waals surface area contributed by atoms with Gasteiger partial charge < -0.3 is 25.7 Å². The maximum atomic E-state index is 12.4. The number of nitrogens with zero attached hydrogens (tertiary/aromatic N) is 1. The van der Waals surface area contributed by atoms with Crippen LogP contribution in [0.2, 0.25) is 0 Å². The molecule has 0 spiro atoms. The molecule has 0 aromatic carbocycles. The summed E-state index contributed by atoms with van der Waals surface area (Å²) >= 11 is 1.65. The molecule has 0 aromatic heterocycles. The number of hydrogen-bond acceptors (Lipinski definition) is 6. The fraction of sp³-hybridized carbons (Fsp3) is 0.778. The van der Waals surface area contributed by atoms with Gasteiger partial charge in [-0.2, -0.15) is 0 Å². The number of carboxylic acids is 1. The summed E-state index contributed by atoms with van der Waals surface area (Å²) in [6.07, 6.45) is 2.64. The summed E-state index contributed by atoms with van der Waals surface area (Å²) in [7, 11) is 0. The Labute approximate surface area is 157 Å². The van der Waals surface area contributed by atoms with Gasteiger partial charge in [-0.05, 0) is 38.3 Å². The topological polar surface area (TPSA) is 102 Å². The molecule has 3 saturated heterocycles. The van der Waals surface area contributed by atoms with Crippen LogP contribution in [-0.4, -0.2) is 70.6 Å². The number of β-lactam (4-membered cyclic amide) rings is 1. The van der Waals surface area contributed by atoms with Crippen molar-refractivity contribution >= 4 is 23.6 Å². The summed E-state index contributed by atoms with van der Waals surface area (Å²) in [6, 6.07) is 0.403. The van der Waals surface area contributed by atoms with Crippen molar-refractivity contribution in [3.05, 3.63) is 10.6 Å². The zero-order valence-electron chi connectivity index (χ0n) is 15.0. The molecule has 4 aliphatic heterocycles. The highest BCUT2D eigenvalue weighted by molar-refractivity contribution is 8.03. The van der Waals surface area contributed by atoms with Crippen LogP contribution in [-0.2, 0) is 9.59 Å². The highest BCUT2D eigenvalue weighted by Gasteiger charge is 2.58. The van der Waals surface area contributed by atoms with E-state index >= 15 is 0 Å². The lowest BCUT2D eigenvalue weighted by Gasteiger charge is -2.45. The summed E-state index contributed by atoms with van der Waals surface area (Å²) in [5.41, 5.74) is 0.179. The lowest BCUT2D eigenvalue weighted by atomic mass is 9.80. The largest absolute Gasteiger partial charge is 0.477 e. The monoisotopic (exact) mass is 381 g/mol. The van der Waals surface area contributed by atoms with Crippen LogP contribution in [0.15, 0.2) is 10.6 Å². The summed E-state index contributed by atoms with van der Waals surface area (Å²) in [4.78, 5) is 26.5. The first-order valence-corrected chi connectivity index (χ1v) is 10.4.